The molecule has 0 bridgehead atoms. The number of ether oxygens (including phenoxy) is 1. The van der Waals surface area contributed by atoms with E-state index in [2.05, 4.69) is 28.9 Å². The van der Waals surface area contributed by atoms with Gasteiger partial charge in [-0.15, -0.1) is 6.58 Å². The molecule has 0 spiro atoms. The van der Waals surface area contributed by atoms with Crippen LogP contribution in [0.1, 0.15) is 12.0 Å². The summed E-state index contributed by atoms with van der Waals surface area (Å²) in [6.45, 7) is 5.24. The molecule has 1 unspecified atom stereocenters. The lowest BCUT2D eigenvalue weighted by Gasteiger charge is -2.38. The van der Waals surface area contributed by atoms with Gasteiger partial charge in [0, 0.05) is 18.1 Å². The Morgan fingerprint density at radius 2 is 2.12 bits per heavy atom. The fourth-order valence-electron chi connectivity index (χ4n) is 2.95. The molecule has 0 saturated carbocycles. The van der Waals surface area contributed by atoms with E-state index in [9.17, 15) is 4.79 Å². The molecule has 0 fully saturated rings. The molecule has 0 aliphatic carbocycles. The Labute approximate surface area is 153 Å². The van der Waals surface area contributed by atoms with E-state index in [4.69, 9.17) is 16.3 Å². The molecule has 1 N–H and O–H groups in total. The molecule has 1 heterocycles. The summed E-state index contributed by atoms with van der Waals surface area (Å²) in [6, 6.07) is 15.7. The van der Waals surface area contributed by atoms with Gasteiger partial charge in [0.1, 0.15) is 12.4 Å². The second-order valence-electron chi connectivity index (χ2n) is 5.99. The van der Waals surface area contributed by atoms with Crippen LogP contribution in [0.3, 0.4) is 0 Å². The largest absolute Gasteiger partial charge is 0.489 e. The lowest BCUT2D eigenvalue weighted by molar-refractivity contribution is -0.121. The molecule has 25 heavy (non-hydrogen) atoms. The van der Waals surface area contributed by atoms with Crippen molar-refractivity contribution < 1.29 is 9.53 Å². The van der Waals surface area contributed by atoms with E-state index < -0.39 is 0 Å². The van der Waals surface area contributed by atoms with Crippen LogP contribution in [0.25, 0.3) is 0 Å². The average Bonchev–Trinajstić information content (AvgIpc) is 2.63. The molecule has 0 radical (unpaired) electrons. The third kappa shape index (κ3) is 4.34. The van der Waals surface area contributed by atoms with Gasteiger partial charge in [0.15, 0.2) is 0 Å². The summed E-state index contributed by atoms with van der Waals surface area (Å²) in [4.78, 5) is 14.4. The van der Waals surface area contributed by atoms with Crippen LogP contribution in [0, 0.1) is 0 Å². The SMILES string of the molecule is C=CCNC(=O)CC1COc2ccc(Cl)cc2N1Cc1ccccc1. The predicted molar refractivity (Wildman–Crippen MR) is 101 cm³/mol. The minimum Gasteiger partial charge on any atom is -0.489 e. The van der Waals surface area contributed by atoms with Gasteiger partial charge < -0.3 is 15.0 Å². The van der Waals surface area contributed by atoms with Gasteiger partial charge in [-0.05, 0) is 23.8 Å². The lowest BCUT2D eigenvalue weighted by Crippen LogP contribution is -2.45. The predicted octanol–water partition coefficient (Wildman–Crippen LogP) is 3.80. The highest BCUT2D eigenvalue weighted by Crippen LogP contribution is 2.37. The van der Waals surface area contributed by atoms with Gasteiger partial charge in [-0.3, -0.25) is 4.79 Å². The number of anilines is 1. The number of hydrogen-bond donors (Lipinski definition) is 1. The van der Waals surface area contributed by atoms with Crippen molar-refractivity contribution in [3.05, 3.63) is 71.8 Å². The Balaban J connectivity index is 1.86. The highest BCUT2D eigenvalue weighted by Gasteiger charge is 2.29. The third-order valence-electron chi connectivity index (χ3n) is 4.16. The molecule has 2 aromatic carbocycles. The van der Waals surface area contributed by atoms with E-state index in [0.717, 1.165) is 11.4 Å². The van der Waals surface area contributed by atoms with Crippen molar-refractivity contribution in [1.82, 2.24) is 5.32 Å². The zero-order valence-corrected chi connectivity index (χ0v) is 14.7. The van der Waals surface area contributed by atoms with Crippen LogP contribution in [0.2, 0.25) is 5.02 Å². The lowest BCUT2D eigenvalue weighted by atomic mass is 10.1. The first-order valence-electron chi connectivity index (χ1n) is 8.28. The minimum absolute atomic E-state index is 0.0166. The molecule has 1 aliphatic rings. The number of carbonyl (C=O) groups is 1. The summed E-state index contributed by atoms with van der Waals surface area (Å²) in [5.41, 5.74) is 2.09. The van der Waals surface area contributed by atoms with Gasteiger partial charge in [-0.1, -0.05) is 48.0 Å². The van der Waals surface area contributed by atoms with Crippen LogP contribution < -0.4 is 15.0 Å². The average molecular weight is 357 g/mol. The highest BCUT2D eigenvalue weighted by molar-refractivity contribution is 6.31. The second kappa shape index (κ2) is 8.08. The summed E-state index contributed by atoms with van der Waals surface area (Å²) < 4.78 is 5.86. The number of nitrogens with one attached hydrogen (secondary N) is 1. The van der Waals surface area contributed by atoms with Gasteiger partial charge in [0.25, 0.3) is 0 Å². The zero-order valence-electron chi connectivity index (χ0n) is 14.0. The standard InChI is InChI=1S/C20H21ClN2O2/c1-2-10-22-20(24)12-17-14-25-19-9-8-16(21)11-18(19)23(17)13-15-6-4-3-5-7-15/h2-9,11,17H,1,10,12-14H2,(H,22,24). The molecule has 3 rings (SSSR count). The van der Waals surface area contributed by atoms with Crippen molar-refractivity contribution in [3.8, 4) is 5.75 Å². The molecule has 130 valence electrons. The van der Waals surface area contributed by atoms with Gasteiger partial charge >= 0.3 is 0 Å². The Hall–Kier alpha value is -2.46. The van der Waals surface area contributed by atoms with Crippen LogP contribution in [-0.2, 0) is 11.3 Å². The molecule has 1 amide bonds. The van der Waals surface area contributed by atoms with Gasteiger partial charge in [-0.25, -0.2) is 0 Å². The van der Waals surface area contributed by atoms with Crippen molar-refractivity contribution >= 4 is 23.2 Å². The molecule has 1 aliphatic heterocycles. The van der Waals surface area contributed by atoms with E-state index in [-0.39, 0.29) is 11.9 Å². The quantitative estimate of drug-likeness (QED) is 0.800. The summed E-state index contributed by atoms with van der Waals surface area (Å²) in [6.07, 6.45) is 2.03. The third-order valence-corrected chi connectivity index (χ3v) is 4.40. The zero-order chi connectivity index (χ0) is 17.6. The van der Waals surface area contributed by atoms with E-state index in [0.29, 0.717) is 31.1 Å². The Morgan fingerprint density at radius 1 is 1.32 bits per heavy atom. The molecule has 5 heteroatoms. The van der Waals surface area contributed by atoms with Crippen LogP contribution in [0.15, 0.2) is 61.2 Å². The second-order valence-corrected chi connectivity index (χ2v) is 6.42. The number of benzene rings is 2. The molecule has 0 aromatic heterocycles. The van der Waals surface area contributed by atoms with Crippen molar-refractivity contribution in [2.24, 2.45) is 0 Å². The summed E-state index contributed by atoms with van der Waals surface area (Å²) in [5, 5.41) is 3.48. The van der Waals surface area contributed by atoms with Crippen LogP contribution in [-0.4, -0.2) is 25.1 Å². The molecule has 2 aromatic rings. The fourth-order valence-corrected chi connectivity index (χ4v) is 3.11. The first-order valence-corrected chi connectivity index (χ1v) is 8.65. The fraction of sp³-hybridized carbons (Fsp3) is 0.250. The molecular weight excluding hydrogens is 336 g/mol. The highest BCUT2D eigenvalue weighted by atomic mass is 35.5. The first kappa shape index (κ1) is 17.4. The Bertz CT molecular complexity index is 749. The normalized spacial score (nSPS) is 15.9. The van der Waals surface area contributed by atoms with E-state index in [1.54, 1.807) is 6.08 Å². The molecule has 0 saturated heterocycles. The van der Waals surface area contributed by atoms with Crippen molar-refractivity contribution in [2.75, 3.05) is 18.1 Å². The first-order chi connectivity index (χ1) is 12.2. The van der Waals surface area contributed by atoms with Gasteiger partial charge in [0.2, 0.25) is 5.91 Å². The Morgan fingerprint density at radius 3 is 2.88 bits per heavy atom. The number of hydrogen-bond acceptors (Lipinski definition) is 3. The molecule has 1 atom stereocenters. The monoisotopic (exact) mass is 356 g/mol. The van der Waals surface area contributed by atoms with Crippen LogP contribution >= 0.6 is 11.6 Å². The van der Waals surface area contributed by atoms with E-state index in [1.165, 1.54) is 5.56 Å². The number of fused-ring (bicyclic) bond motifs is 1. The summed E-state index contributed by atoms with van der Waals surface area (Å²) in [5.74, 6) is 0.778. The van der Waals surface area contributed by atoms with Crippen molar-refractivity contribution in [3.63, 3.8) is 0 Å². The van der Waals surface area contributed by atoms with Gasteiger partial charge in [-0.2, -0.15) is 0 Å². The Kier molecular flexibility index (Phi) is 5.61. The smallest absolute Gasteiger partial charge is 0.222 e. The maximum absolute atomic E-state index is 12.2. The number of halogens is 1. The number of amides is 1. The van der Waals surface area contributed by atoms with E-state index >= 15 is 0 Å². The number of carbonyl (C=O) groups excluding carboxylic acids is 1. The van der Waals surface area contributed by atoms with Crippen molar-refractivity contribution in [1.29, 1.82) is 0 Å². The summed E-state index contributed by atoms with van der Waals surface area (Å²) >= 11 is 6.19. The number of nitrogens with zero attached hydrogens (tertiary/aromatic N) is 1. The topological polar surface area (TPSA) is 41.6 Å². The van der Waals surface area contributed by atoms with Crippen molar-refractivity contribution in [2.45, 2.75) is 19.0 Å². The van der Waals surface area contributed by atoms with E-state index in [1.807, 2.05) is 36.4 Å². The maximum Gasteiger partial charge on any atom is 0.222 e. The van der Waals surface area contributed by atoms with Crippen LogP contribution in [0.4, 0.5) is 5.69 Å². The molecular formula is C20H21ClN2O2. The molecule has 4 nitrogen and oxygen atoms in total. The maximum atomic E-state index is 12.2. The van der Waals surface area contributed by atoms with Gasteiger partial charge in [0.05, 0.1) is 18.2 Å². The number of rotatable bonds is 6. The van der Waals surface area contributed by atoms with Crippen LogP contribution in [0.5, 0.6) is 5.75 Å². The minimum atomic E-state index is -0.0593. The summed E-state index contributed by atoms with van der Waals surface area (Å²) in [7, 11) is 0.